The first-order valence-electron chi connectivity index (χ1n) is 6.75. The number of aromatic nitrogens is 2. The zero-order valence-corrected chi connectivity index (χ0v) is 13.6. The van der Waals surface area contributed by atoms with Gasteiger partial charge in [-0.1, -0.05) is 23.7 Å². The number of rotatable bonds is 3. The molecule has 1 unspecified atom stereocenters. The van der Waals surface area contributed by atoms with Crippen LogP contribution in [0, 0.1) is 17.1 Å². The summed E-state index contributed by atoms with van der Waals surface area (Å²) in [5.74, 6) is -0.578. The van der Waals surface area contributed by atoms with Crippen LogP contribution in [0.5, 0.6) is 0 Å². The van der Waals surface area contributed by atoms with Crippen LogP contribution in [0.1, 0.15) is 10.9 Å². The lowest BCUT2D eigenvalue weighted by atomic mass is 10.2. The molecule has 0 aliphatic carbocycles. The van der Waals surface area contributed by atoms with Gasteiger partial charge in [-0.15, -0.1) is 0 Å². The highest BCUT2D eigenvalue weighted by molar-refractivity contribution is 7.92. The fourth-order valence-electron chi connectivity index (χ4n) is 2.20. The van der Waals surface area contributed by atoms with Crippen LogP contribution in [0.25, 0.3) is 11.0 Å². The third kappa shape index (κ3) is 2.82. The van der Waals surface area contributed by atoms with Gasteiger partial charge in [0.05, 0.1) is 22.0 Å². The number of nitrogens with zero attached hydrogens (tertiary/aromatic N) is 3. The van der Waals surface area contributed by atoms with Crippen LogP contribution in [-0.2, 0) is 9.84 Å². The second-order valence-electron chi connectivity index (χ2n) is 4.90. The summed E-state index contributed by atoms with van der Waals surface area (Å²) in [6.07, 6.45) is 0. The molecule has 5 nitrogen and oxygen atoms in total. The van der Waals surface area contributed by atoms with E-state index in [-0.39, 0.29) is 15.7 Å². The largest absolute Gasteiger partial charge is 0.245 e. The van der Waals surface area contributed by atoms with E-state index in [4.69, 9.17) is 11.6 Å². The van der Waals surface area contributed by atoms with E-state index in [1.807, 2.05) is 0 Å². The minimum absolute atomic E-state index is 0.151. The van der Waals surface area contributed by atoms with Gasteiger partial charge in [-0.05, 0) is 36.4 Å². The average molecular weight is 362 g/mol. The molecule has 0 fully saturated rings. The minimum Gasteiger partial charge on any atom is -0.245 e. The molecule has 0 radical (unpaired) electrons. The molecule has 3 aromatic rings. The molecule has 2 aromatic carbocycles. The third-order valence-electron chi connectivity index (χ3n) is 3.37. The Kier molecular flexibility index (Phi) is 4.18. The number of hydrogen-bond donors (Lipinski definition) is 0. The van der Waals surface area contributed by atoms with Crippen molar-refractivity contribution in [1.29, 1.82) is 5.26 Å². The monoisotopic (exact) mass is 361 g/mol. The second kappa shape index (κ2) is 6.15. The number of sulfone groups is 1. The Morgan fingerprint density at radius 1 is 1.04 bits per heavy atom. The van der Waals surface area contributed by atoms with Gasteiger partial charge in [0.2, 0.25) is 9.84 Å². The summed E-state index contributed by atoms with van der Waals surface area (Å²) in [6, 6.07) is 12.7. The molecule has 0 aliphatic heterocycles. The van der Waals surface area contributed by atoms with E-state index in [9.17, 15) is 18.1 Å². The van der Waals surface area contributed by atoms with Crippen molar-refractivity contribution in [3.8, 4) is 6.07 Å². The van der Waals surface area contributed by atoms with E-state index >= 15 is 0 Å². The number of para-hydroxylation sites is 2. The van der Waals surface area contributed by atoms with Crippen LogP contribution in [0.3, 0.4) is 0 Å². The highest BCUT2D eigenvalue weighted by atomic mass is 35.5. The van der Waals surface area contributed by atoms with Gasteiger partial charge in [-0.25, -0.2) is 22.8 Å². The van der Waals surface area contributed by atoms with E-state index in [1.165, 1.54) is 0 Å². The van der Waals surface area contributed by atoms with E-state index in [0.29, 0.717) is 11.0 Å². The van der Waals surface area contributed by atoms with Crippen molar-refractivity contribution in [1.82, 2.24) is 9.97 Å². The van der Waals surface area contributed by atoms with Crippen LogP contribution < -0.4 is 0 Å². The maximum Gasteiger partial charge on any atom is 0.200 e. The second-order valence-corrected chi connectivity index (χ2v) is 7.29. The molecule has 0 saturated heterocycles. The van der Waals surface area contributed by atoms with Crippen molar-refractivity contribution in [2.24, 2.45) is 0 Å². The average Bonchev–Trinajstić information content (AvgIpc) is 2.56. The molecule has 0 amide bonds. The van der Waals surface area contributed by atoms with Gasteiger partial charge >= 0.3 is 0 Å². The lowest BCUT2D eigenvalue weighted by Crippen LogP contribution is -2.15. The van der Waals surface area contributed by atoms with Gasteiger partial charge in [0.15, 0.2) is 10.4 Å². The van der Waals surface area contributed by atoms with Gasteiger partial charge in [-0.3, -0.25) is 0 Å². The van der Waals surface area contributed by atoms with Crippen molar-refractivity contribution in [3.05, 3.63) is 65.2 Å². The van der Waals surface area contributed by atoms with Gasteiger partial charge in [-0.2, -0.15) is 5.26 Å². The molecule has 8 heteroatoms. The van der Waals surface area contributed by atoms with Gasteiger partial charge in [0.25, 0.3) is 0 Å². The summed E-state index contributed by atoms with van der Waals surface area (Å²) in [5.41, 5.74) is 0.760. The maximum atomic E-state index is 13.0. The third-order valence-corrected chi connectivity index (χ3v) is 5.53. The molecule has 120 valence electrons. The summed E-state index contributed by atoms with van der Waals surface area (Å²) in [4.78, 5) is 8.09. The Balaban J connectivity index is 2.17. The molecule has 0 spiro atoms. The highest BCUT2D eigenvalue weighted by Crippen LogP contribution is 2.32. The Morgan fingerprint density at radius 3 is 2.21 bits per heavy atom. The summed E-state index contributed by atoms with van der Waals surface area (Å²) in [6.45, 7) is 0. The summed E-state index contributed by atoms with van der Waals surface area (Å²) < 4.78 is 38.4. The zero-order valence-electron chi connectivity index (χ0n) is 12.0. The number of nitriles is 1. The molecule has 1 atom stereocenters. The number of fused-ring (bicyclic) bond motifs is 1. The molecule has 1 aromatic heterocycles. The fourth-order valence-corrected chi connectivity index (χ4v) is 3.89. The van der Waals surface area contributed by atoms with Gasteiger partial charge in [0, 0.05) is 0 Å². The van der Waals surface area contributed by atoms with Crippen LogP contribution in [0.15, 0.2) is 53.4 Å². The fraction of sp³-hybridized carbons (Fsp3) is 0.0625. The van der Waals surface area contributed by atoms with Crippen LogP contribution >= 0.6 is 11.6 Å². The SMILES string of the molecule is N#CC(c1nc2ccccc2nc1Cl)S(=O)(=O)c1ccc(F)cc1. The van der Waals surface area contributed by atoms with E-state index in [1.54, 1.807) is 30.3 Å². The molecule has 1 heterocycles. The predicted molar refractivity (Wildman–Crippen MR) is 86.5 cm³/mol. The van der Waals surface area contributed by atoms with Crippen molar-refractivity contribution in [2.45, 2.75) is 10.1 Å². The quantitative estimate of drug-likeness (QED) is 0.667. The van der Waals surface area contributed by atoms with Gasteiger partial charge in [0.1, 0.15) is 11.5 Å². The molecular weight excluding hydrogens is 353 g/mol. The molecule has 0 saturated carbocycles. The Morgan fingerprint density at radius 2 is 1.62 bits per heavy atom. The topological polar surface area (TPSA) is 83.7 Å². The molecule has 24 heavy (non-hydrogen) atoms. The lowest BCUT2D eigenvalue weighted by molar-refractivity contribution is 0.589. The van der Waals surface area contributed by atoms with Crippen molar-refractivity contribution in [2.75, 3.05) is 0 Å². The lowest BCUT2D eigenvalue weighted by Gasteiger charge is -2.12. The minimum atomic E-state index is -4.13. The zero-order chi connectivity index (χ0) is 17.3. The van der Waals surface area contributed by atoms with E-state index in [0.717, 1.165) is 24.3 Å². The standard InChI is InChI=1S/C16H9ClFN3O2S/c17-16-15(20-12-3-1-2-4-13(12)21-16)14(9-19)24(22,23)11-7-5-10(18)6-8-11/h1-8,14H. The number of hydrogen-bond acceptors (Lipinski definition) is 5. The first kappa shape index (κ1) is 16.3. The molecule has 0 N–H and O–H groups in total. The smallest absolute Gasteiger partial charge is 0.200 e. The molecule has 0 aliphatic rings. The van der Waals surface area contributed by atoms with Crippen molar-refractivity contribution < 1.29 is 12.8 Å². The van der Waals surface area contributed by atoms with Crippen molar-refractivity contribution >= 4 is 32.5 Å². The Labute approximate surface area is 142 Å². The summed E-state index contributed by atoms with van der Waals surface area (Å²) in [7, 11) is -4.13. The Hall–Kier alpha value is -2.56. The first-order chi connectivity index (χ1) is 11.4. The van der Waals surface area contributed by atoms with Crippen molar-refractivity contribution in [3.63, 3.8) is 0 Å². The Bertz CT molecular complexity index is 1060. The van der Waals surface area contributed by atoms with Crippen LogP contribution in [-0.4, -0.2) is 18.4 Å². The number of halogens is 2. The van der Waals surface area contributed by atoms with Crippen LogP contribution in [0.2, 0.25) is 5.15 Å². The van der Waals surface area contributed by atoms with E-state index < -0.39 is 20.9 Å². The number of benzene rings is 2. The van der Waals surface area contributed by atoms with Crippen LogP contribution in [0.4, 0.5) is 4.39 Å². The molecular formula is C16H9ClFN3O2S. The van der Waals surface area contributed by atoms with Gasteiger partial charge < -0.3 is 0 Å². The molecule has 0 bridgehead atoms. The maximum absolute atomic E-state index is 13.0. The normalized spacial score (nSPS) is 12.7. The molecule has 3 rings (SSSR count). The summed E-state index contributed by atoms with van der Waals surface area (Å²) in [5, 5.41) is 7.59. The first-order valence-corrected chi connectivity index (χ1v) is 8.67. The predicted octanol–water partition coefficient (Wildman–Crippen LogP) is 3.46. The summed E-state index contributed by atoms with van der Waals surface area (Å²) >= 11 is 6.05. The highest BCUT2D eigenvalue weighted by Gasteiger charge is 2.33. The van der Waals surface area contributed by atoms with E-state index in [2.05, 4.69) is 9.97 Å².